The van der Waals surface area contributed by atoms with Crippen LogP contribution in [0.3, 0.4) is 0 Å². The summed E-state index contributed by atoms with van der Waals surface area (Å²) in [5.41, 5.74) is 3.97. The van der Waals surface area contributed by atoms with Gasteiger partial charge < -0.3 is 15.3 Å². The van der Waals surface area contributed by atoms with E-state index in [0.29, 0.717) is 17.1 Å². The first-order valence-electron chi connectivity index (χ1n) is 8.84. The summed E-state index contributed by atoms with van der Waals surface area (Å²) in [4.78, 5) is 13.0. The van der Waals surface area contributed by atoms with E-state index < -0.39 is 0 Å². The van der Waals surface area contributed by atoms with Crippen LogP contribution in [0.4, 0.5) is 5.69 Å². The molecule has 0 unspecified atom stereocenters. The van der Waals surface area contributed by atoms with Gasteiger partial charge in [0.2, 0.25) is 5.69 Å². The predicted octanol–water partition coefficient (Wildman–Crippen LogP) is 3.88. The van der Waals surface area contributed by atoms with Gasteiger partial charge in [-0.1, -0.05) is 44.7 Å². The number of nitrogens with zero attached hydrogens (tertiary/aromatic N) is 1. The van der Waals surface area contributed by atoms with E-state index in [-0.39, 0.29) is 18.1 Å². The quantitative estimate of drug-likeness (QED) is 0.466. The molecule has 0 aliphatic heterocycles. The molecule has 1 aromatic carbocycles. The number of hydrogen-bond acceptors (Lipinski definition) is 3. The van der Waals surface area contributed by atoms with Crippen LogP contribution in [-0.4, -0.2) is 12.5 Å². The summed E-state index contributed by atoms with van der Waals surface area (Å²) in [6.07, 6.45) is 3.21. The number of hydrogen-bond donors (Lipinski definition) is 1. The van der Waals surface area contributed by atoms with Crippen LogP contribution in [0.25, 0.3) is 0 Å². The molecule has 0 aliphatic carbocycles. The van der Waals surface area contributed by atoms with Crippen LogP contribution in [0.5, 0.6) is 5.75 Å². The zero-order valence-corrected chi connectivity index (χ0v) is 15.9. The first-order valence-corrected chi connectivity index (χ1v) is 8.84. The predicted molar refractivity (Wildman–Crippen MR) is 104 cm³/mol. The van der Waals surface area contributed by atoms with Gasteiger partial charge in [0, 0.05) is 25.6 Å². The number of anilines is 1. The minimum atomic E-state index is -0.346. The largest absolute Gasteiger partial charge is 0.618 e. The van der Waals surface area contributed by atoms with Crippen LogP contribution in [-0.2, 0) is 12.8 Å². The van der Waals surface area contributed by atoms with Crippen molar-refractivity contribution in [2.75, 3.05) is 11.9 Å². The van der Waals surface area contributed by atoms with Gasteiger partial charge in [-0.15, -0.1) is 0 Å². The Kier molecular flexibility index (Phi) is 6.39. The van der Waals surface area contributed by atoms with E-state index in [9.17, 15) is 10.0 Å². The molecule has 26 heavy (non-hydrogen) atoms. The molecule has 1 amide bonds. The highest BCUT2D eigenvalue weighted by molar-refractivity contribution is 6.07. The molecule has 0 atom stereocenters. The Hall–Kier alpha value is -2.82. The fraction of sp³-hybridized carbons (Fsp3) is 0.333. The third-order valence-corrected chi connectivity index (χ3v) is 4.39. The number of aromatic nitrogens is 1. The Morgan fingerprint density at radius 3 is 2.42 bits per heavy atom. The molecule has 1 N–H and O–H groups in total. The number of aryl methyl sites for hydroxylation is 3. The van der Waals surface area contributed by atoms with Crippen molar-refractivity contribution in [3.63, 3.8) is 0 Å². The molecule has 1 aromatic heterocycles. The van der Waals surface area contributed by atoms with Crippen LogP contribution in [0.1, 0.15) is 46.7 Å². The van der Waals surface area contributed by atoms with Gasteiger partial charge in [0.1, 0.15) is 17.9 Å². The van der Waals surface area contributed by atoms with E-state index in [0.717, 1.165) is 34.4 Å². The summed E-state index contributed by atoms with van der Waals surface area (Å²) >= 11 is 0. The van der Waals surface area contributed by atoms with Gasteiger partial charge >= 0.3 is 0 Å². The topological polar surface area (TPSA) is 65.3 Å². The maximum Gasteiger partial charge on any atom is 0.265 e. The number of pyridine rings is 1. The number of para-hydroxylation sites is 1. The summed E-state index contributed by atoms with van der Waals surface area (Å²) in [7, 11) is 0. The van der Waals surface area contributed by atoms with Gasteiger partial charge in [-0.2, -0.15) is 4.73 Å². The summed E-state index contributed by atoms with van der Waals surface area (Å²) in [5, 5.41) is 15.3. The van der Waals surface area contributed by atoms with Gasteiger partial charge in [0.15, 0.2) is 5.69 Å². The molecule has 0 spiro atoms. The Bertz CT molecular complexity index is 806. The molecule has 0 saturated carbocycles. The summed E-state index contributed by atoms with van der Waals surface area (Å²) < 4.78 is 6.40. The summed E-state index contributed by atoms with van der Waals surface area (Å²) in [6, 6.07) is 7.58. The van der Waals surface area contributed by atoms with Gasteiger partial charge in [-0.25, -0.2) is 0 Å². The van der Waals surface area contributed by atoms with E-state index in [4.69, 9.17) is 4.74 Å². The minimum absolute atomic E-state index is 0.250. The molecular formula is C21H26N2O3. The van der Waals surface area contributed by atoms with Crippen molar-refractivity contribution >= 4 is 11.6 Å². The molecule has 2 aromatic rings. The highest BCUT2D eigenvalue weighted by Gasteiger charge is 2.25. The molecule has 1 heterocycles. The lowest BCUT2D eigenvalue weighted by molar-refractivity contribution is -0.619. The van der Waals surface area contributed by atoms with Crippen LogP contribution in [0.2, 0.25) is 0 Å². The highest BCUT2D eigenvalue weighted by atomic mass is 16.5. The maximum absolute atomic E-state index is 13.0. The second-order valence-electron chi connectivity index (χ2n) is 6.12. The first-order chi connectivity index (χ1) is 12.4. The van der Waals surface area contributed by atoms with Crippen molar-refractivity contribution in [3.8, 4) is 5.75 Å². The van der Waals surface area contributed by atoms with Crippen molar-refractivity contribution in [1.82, 2.24) is 0 Å². The van der Waals surface area contributed by atoms with Gasteiger partial charge in [-0.05, 0) is 24.0 Å². The lowest BCUT2D eigenvalue weighted by atomic mass is 10.0. The van der Waals surface area contributed by atoms with Crippen molar-refractivity contribution in [2.24, 2.45) is 0 Å². The number of carbonyl (C=O) groups excluding carboxylic acids is 1. The molecule has 138 valence electrons. The Labute approximate surface area is 154 Å². The van der Waals surface area contributed by atoms with Gasteiger partial charge in [0.05, 0.1) is 0 Å². The lowest BCUT2D eigenvalue weighted by Gasteiger charge is -2.17. The number of ether oxygens (including phenoxy) is 1. The normalized spacial score (nSPS) is 10.5. The van der Waals surface area contributed by atoms with Gasteiger partial charge in [-0.3, -0.25) is 4.79 Å². The van der Waals surface area contributed by atoms with Crippen LogP contribution >= 0.6 is 0 Å². The van der Waals surface area contributed by atoms with Crippen LogP contribution in [0, 0.1) is 19.1 Å². The van der Waals surface area contributed by atoms with Crippen molar-refractivity contribution < 1.29 is 14.3 Å². The van der Waals surface area contributed by atoms with E-state index in [1.807, 2.05) is 32.0 Å². The highest BCUT2D eigenvalue weighted by Crippen LogP contribution is 2.27. The molecule has 0 fully saturated rings. The molecule has 0 aliphatic rings. The standard InChI is InChI=1S/C21H26N2O3/c1-6-12-26-18-13-14(4)23(25)15(5)19(18)21(24)22-20-16(7-2)10-9-11-17(20)8-3/h6,9-11,13H,1,7-8,12H2,2-5H3,(H,22,24). The Morgan fingerprint density at radius 2 is 1.88 bits per heavy atom. The fourth-order valence-electron chi connectivity index (χ4n) is 2.98. The smallest absolute Gasteiger partial charge is 0.265 e. The van der Waals surface area contributed by atoms with Crippen LogP contribution in [0.15, 0.2) is 36.9 Å². The van der Waals surface area contributed by atoms with E-state index >= 15 is 0 Å². The number of nitrogens with one attached hydrogen (secondary N) is 1. The molecule has 0 bridgehead atoms. The second-order valence-corrected chi connectivity index (χ2v) is 6.12. The fourth-order valence-corrected chi connectivity index (χ4v) is 2.98. The number of amides is 1. The van der Waals surface area contributed by atoms with Crippen molar-refractivity contribution in [3.05, 3.63) is 70.2 Å². The maximum atomic E-state index is 13.0. The minimum Gasteiger partial charge on any atom is -0.618 e. The van der Waals surface area contributed by atoms with Crippen molar-refractivity contribution in [2.45, 2.75) is 40.5 Å². The molecule has 5 heteroatoms. The number of benzene rings is 1. The Balaban J connectivity index is 2.51. The second kappa shape index (κ2) is 8.52. The number of rotatable bonds is 7. The van der Waals surface area contributed by atoms with Crippen molar-refractivity contribution in [1.29, 1.82) is 0 Å². The molecular weight excluding hydrogens is 328 g/mol. The number of carbonyl (C=O) groups is 1. The Morgan fingerprint density at radius 1 is 1.27 bits per heavy atom. The monoisotopic (exact) mass is 354 g/mol. The van der Waals surface area contributed by atoms with E-state index in [1.54, 1.807) is 26.0 Å². The van der Waals surface area contributed by atoms with E-state index in [1.165, 1.54) is 0 Å². The SMILES string of the molecule is C=CCOc1cc(C)[n+]([O-])c(C)c1C(=O)Nc1c(CC)cccc1CC. The molecule has 5 nitrogen and oxygen atoms in total. The zero-order chi connectivity index (χ0) is 19.3. The summed E-state index contributed by atoms with van der Waals surface area (Å²) in [6.45, 7) is 11.3. The zero-order valence-electron chi connectivity index (χ0n) is 15.9. The van der Waals surface area contributed by atoms with Gasteiger partial charge in [0.25, 0.3) is 5.91 Å². The van der Waals surface area contributed by atoms with Crippen LogP contribution < -0.4 is 14.8 Å². The molecule has 2 rings (SSSR count). The average Bonchev–Trinajstić information content (AvgIpc) is 2.64. The average molecular weight is 354 g/mol. The lowest BCUT2D eigenvalue weighted by Crippen LogP contribution is -2.37. The molecule has 0 saturated heterocycles. The molecule has 0 radical (unpaired) electrons. The van der Waals surface area contributed by atoms with E-state index in [2.05, 4.69) is 11.9 Å². The third kappa shape index (κ3) is 3.87. The first kappa shape index (κ1) is 19.5. The third-order valence-electron chi connectivity index (χ3n) is 4.39. The summed E-state index contributed by atoms with van der Waals surface area (Å²) in [5.74, 6) is 0.0401.